The molecule has 3 nitrogen and oxygen atoms in total. The molecule has 0 spiro atoms. The Bertz CT molecular complexity index is 566. The summed E-state index contributed by atoms with van der Waals surface area (Å²) in [5.41, 5.74) is 1.23. The third-order valence-electron chi connectivity index (χ3n) is 3.57. The number of unbranched alkanes of at least 4 members (excludes halogenated alkanes) is 1. The third-order valence-corrected chi connectivity index (χ3v) is 4.50. The minimum atomic E-state index is 0.144. The Morgan fingerprint density at radius 2 is 2.00 bits per heavy atom. The SMILES string of the molecule is COc1ccccc1CCCCNC(=O)CCc1cccs1. The van der Waals surface area contributed by atoms with Crippen molar-refractivity contribution in [2.75, 3.05) is 13.7 Å². The van der Waals surface area contributed by atoms with E-state index < -0.39 is 0 Å². The number of hydrogen-bond acceptors (Lipinski definition) is 3. The van der Waals surface area contributed by atoms with Gasteiger partial charge in [-0.15, -0.1) is 11.3 Å². The molecule has 0 saturated carbocycles. The first-order valence-electron chi connectivity index (χ1n) is 7.70. The first-order valence-corrected chi connectivity index (χ1v) is 8.58. The van der Waals surface area contributed by atoms with Crippen molar-refractivity contribution in [1.29, 1.82) is 0 Å². The topological polar surface area (TPSA) is 38.3 Å². The molecule has 0 bridgehead atoms. The van der Waals surface area contributed by atoms with Gasteiger partial charge in [-0.2, -0.15) is 0 Å². The van der Waals surface area contributed by atoms with Crippen LogP contribution in [0.3, 0.4) is 0 Å². The number of amides is 1. The number of para-hydroxylation sites is 1. The highest BCUT2D eigenvalue weighted by atomic mass is 32.1. The van der Waals surface area contributed by atoms with E-state index in [0.29, 0.717) is 6.42 Å². The van der Waals surface area contributed by atoms with Gasteiger partial charge in [0.1, 0.15) is 5.75 Å². The molecular weight excluding hydrogens is 294 g/mol. The summed E-state index contributed by atoms with van der Waals surface area (Å²) in [6, 6.07) is 12.2. The monoisotopic (exact) mass is 317 g/mol. The van der Waals surface area contributed by atoms with Gasteiger partial charge in [0.15, 0.2) is 0 Å². The summed E-state index contributed by atoms with van der Waals surface area (Å²) in [6.45, 7) is 0.748. The molecule has 0 saturated heterocycles. The molecular formula is C18H23NO2S. The van der Waals surface area contributed by atoms with Gasteiger partial charge in [-0.3, -0.25) is 4.79 Å². The van der Waals surface area contributed by atoms with Crippen LogP contribution in [-0.2, 0) is 17.6 Å². The van der Waals surface area contributed by atoms with Crippen molar-refractivity contribution in [3.8, 4) is 5.75 Å². The first-order chi connectivity index (χ1) is 10.8. The van der Waals surface area contributed by atoms with Crippen molar-refractivity contribution in [2.45, 2.75) is 32.1 Å². The minimum Gasteiger partial charge on any atom is -0.496 e. The molecule has 0 aliphatic carbocycles. The van der Waals surface area contributed by atoms with Crippen molar-refractivity contribution in [3.63, 3.8) is 0 Å². The van der Waals surface area contributed by atoms with E-state index in [1.807, 2.05) is 29.6 Å². The van der Waals surface area contributed by atoms with Crippen LogP contribution in [0.1, 0.15) is 29.7 Å². The zero-order chi connectivity index (χ0) is 15.6. The average Bonchev–Trinajstić information content (AvgIpc) is 3.06. The Kier molecular flexibility index (Phi) is 6.97. The van der Waals surface area contributed by atoms with Crippen LogP contribution in [0.4, 0.5) is 0 Å². The number of benzene rings is 1. The maximum absolute atomic E-state index is 11.7. The molecule has 2 aromatic rings. The van der Waals surface area contributed by atoms with Crippen molar-refractivity contribution in [1.82, 2.24) is 5.32 Å². The van der Waals surface area contributed by atoms with Gasteiger partial charge in [0, 0.05) is 17.8 Å². The maximum atomic E-state index is 11.7. The molecule has 1 amide bonds. The minimum absolute atomic E-state index is 0.144. The first kappa shape index (κ1) is 16.6. The van der Waals surface area contributed by atoms with Crippen LogP contribution in [0.25, 0.3) is 0 Å². The largest absolute Gasteiger partial charge is 0.496 e. The Balaban J connectivity index is 1.58. The van der Waals surface area contributed by atoms with E-state index in [9.17, 15) is 4.79 Å². The number of aryl methyl sites for hydroxylation is 2. The Labute approximate surface area is 136 Å². The second-order valence-corrected chi connectivity index (χ2v) is 6.23. The van der Waals surface area contributed by atoms with Crippen LogP contribution in [0.15, 0.2) is 41.8 Å². The van der Waals surface area contributed by atoms with Gasteiger partial charge >= 0.3 is 0 Å². The summed E-state index contributed by atoms with van der Waals surface area (Å²) >= 11 is 1.71. The molecule has 1 aromatic heterocycles. The molecule has 0 aliphatic rings. The van der Waals surface area contributed by atoms with Crippen LogP contribution in [-0.4, -0.2) is 19.6 Å². The lowest BCUT2D eigenvalue weighted by Gasteiger charge is -2.08. The van der Waals surface area contributed by atoms with E-state index in [0.717, 1.165) is 38.0 Å². The summed E-state index contributed by atoms with van der Waals surface area (Å²) in [6.07, 6.45) is 4.43. The molecule has 4 heteroatoms. The molecule has 0 unspecified atom stereocenters. The van der Waals surface area contributed by atoms with E-state index in [4.69, 9.17) is 4.74 Å². The molecule has 0 radical (unpaired) electrons. The summed E-state index contributed by atoms with van der Waals surface area (Å²) in [5, 5.41) is 5.04. The lowest BCUT2D eigenvalue weighted by atomic mass is 10.1. The smallest absolute Gasteiger partial charge is 0.220 e. The van der Waals surface area contributed by atoms with Gasteiger partial charge in [-0.05, 0) is 48.8 Å². The van der Waals surface area contributed by atoms with Crippen LogP contribution in [0.2, 0.25) is 0 Å². The molecule has 118 valence electrons. The van der Waals surface area contributed by atoms with Gasteiger partial charge < -0.3 is 10.1 Å². The fourth-order valence-corrected chi connectivity index (χ4v) is 3.07. The lowest BCUT2D eigenvalue weighted by Crippen LogP contribution is -2.24. The van der Waals surface area contributed by atoms with E-state index in [-0.39, 0.29) is 5.91 Å². The highest BCUT2D eigenvalue weighted by molar-refractivity contribution is 7.09. The second kappa shape index (κ2) is 9.26. The molecule has 1 N–H and O–H groups in total. The van der Waals surface area contributed by atoms with Gasteiger partial charge in [0.05, 0.1) is 7.11 Å². The molecule has 22 heavy (non-hydrogen) atoms. The van der Waals surface area contributed by atoms with Crippen molar-refractivity contribution >= 4 is 17.2 Å². The van der Waals surface area contributed by atoms with Crippen LogP contribution >= 0.6 is 11.3 Å². The lowest BCUT2D eigenvalue weighted by molar-refractivity contribution is -0.121. The standard InChI is InChI=1S/C18H23NO2S/c1-21-17-10-3-2-7-15(17)8-4-5-13-19-18(20)12-11-16-9-6-14-22-16/h2-3,6-7,9-10,14H,4-5,8,11-13H2,1H3,(H,19,20). The van der Waals surface area contributed by atoms with Gasteiger partial charge in [-0.25, -0.2) is 0 Å². The molecule has 1 heterocycles. The summed E-state index contributed by atoms with van der Waals surface area (Å²) in [4.78, 5) is 13.0. The number of methoxy groups -OCH3 is 1. The van der Waals surface area contributed by atoms with E-state index in [1.54, 1.807) is 18.4 Å². The Morgan fingerprint density at radius 1 is 1.14 bits per heavy atom. The van der Waals surface area contributed by atoms with Gasteiger partial charge in [-0.1, -0.05) is 24.3 Å². The van der Waals surface area contributed by atoms with Gasteiger partial charge in [0.25, 0.3) is 0 Å². The fraction of sp³-hybridized carbons (Fsp3) is 0.389. The van der Waals surface area contributed by atoms with E-state index in [2.05, 4.69) is 17.4 Å². The number of nitrogens with one attached hydrogen (secondary N) is 1. The van der Waals surface area contributed by atoms with Crippen LogP contribution < -0.4 is 10.1 Å². The van der Waals surface area contributed by atoms with Crippen molar-refractivity contribution < 1.29 is 9.53 Å². The zero-order valence-corrected chi connectivity index (χ0v) is 13.8. The average molecular weight is 317 g/mol. The zero-order valence-electron chi connectivity index (χ0n) is 13.0. The second-order valence-electron chi connectivity index (χ2n) is 5.20. The van der Waals surface area contributed by atoms with Gasteiger partial charge in [0.2, 0.25) is 5.91 Å². The highest BCUT2D eigenvalue weighted by Gasteiger charge is 2.03. The molecule has 2 rings (SSSR count). The van der Waals surface area contributed by atoms with E-state index >= 15 is 0 Å². The predicted molar refractivity (Wildman–Crippen MR) is 91.6 cm³/mol. The van der Waals surface area contributed by atoms with Crippen LogP contribution in [0, 0.1) is 0 Å². The fourth-order valence-electron chi connectivity index (χ4n) is 2.36. The quantitative estimate of drug-likeness (QED) is 0.714. The molecule has 0 fully saturated rings. The Morgan fingerprint density at radius 3 is 2.77 bits per heavy atom. The predicted octanol–water partition coefficient (Wildman–Crippen LogP) is 3.83. The number of thiophene rings is 1. The summed E-state index contributed by atoms with van der Waals surface area (Å²) < 4.78 is 5.34. The number of hydrogen-bond donors (Lipinski definition) is 1. The molecule has 0 atom stereocenters. The van der Waals surface area contributed by atoms with Crippen molar-refractivity contribution in [3.05, 3.63) is 52.2 Å². The van der Waals surface area contributed by atoms with Crippen molar-refractivity contribution in [2.24, 2.45) is 0 Å². The van der Waals surface area contributed by atoms with E-state index in [1.165, 1.54) is 10.4 Å². The number of carbonyl (C=O) groups is 1. The third kappa shape index (κ3) is 5.53. The molecule has 1 aromatic carbocycles. The van der Waals surface area contributed by atoms with Crippen LogP contribution in [0.5, 0.6) is 5.75 Å². The number of carbonyl (C=O) groups excluding carboxylic acids is 1. The normalized spacial score (nSPS) is 10.4. The summed E-state index contributed by atoms with van der Waals surface area (Å²) in [5.74, 6) is 1.09. The number of rotatable bonds is 9. The maximum Gasteiger partial charge on any atom is 0.220 e. The Hall–Kier alpha value is -1.81. The molecule has 0 aliphatic heterocycles. The highest BCUT2D eigenvalue weighted by Crippen LogP contribution is 2.19. The number of ether oxygens (including phenoxy) is 1. The summed E-state index contributed by atoms with van der Waals surface area (Å²) in [7, 11) is 1.70.